The number of Topliss-reactive ketones (excluding diaryl/α,β-unsaturated/α-hetero) is 1. The van der Waals surface area contributed by atoms with Gasteiger partial charge in [0.1, 0.15) is 18.0 Å². The first-order valence-corrected chi connectivity index (χ1v) is 10.2. The second-order valence-corrected chi connectivity index (χ2v) is 7.35. The van der Waals surface area contributed by atoms with E-state index in [2.05, 4.69) is 30.7 Å². The number of amides is 1. The number of primary amides is 1. The third kappa shape index (κ3) is 4.67. The van der Waals surface area contributed by atoms with E-state index in [-0.39, 0.29) is 11.3 Å². The number of nitrogens with one attached hydrogen (secondary N) is 2. The number of nitrogens with zero attached hydrogens (tertiary/aromatic N) is 5. The zero-order valence-electron chi connectivity index (χ0n) is 18.7. The van der Waals surface area contributed by atoms with Crippen molar-refractivity contribution in [2.45, 2.75) is 6.92 Å². The Morgan fingerprint density at radius 3 is 2.41 bits per heavy atom. The number of hydrogen-bond donors (Lipinski definition) is 3. The van der Waals surface area contributed by atoms with Crippen LogP contribution in [-0.2, 0) is 7.05 Å². The Hall–Kier alpha value is -4.80. The average Bonchev–Trinajstić information content (AvgIpc) is 3.25. The molecule has 0 bridgehead atoms. The van der Waals surface area contributed by atoms with Gasteiger partial charge in [-0.2, -0.15) is 5.10 Å². The summed E-state index contributed by atoms with van der Waals surface area (Å²) in [6.07, 6.45) is 4.44. The summed E-state index contributed by atoms with van der Waals surface area (Å²) in [5.74, 6) is 1.17. The van der Waals surface area contributed by atoms with E-state index in [1.807, 2.05) is 12.1 Å². The standard InChI is InChI=1S/C23H22N8O3/c1-13(32)14-7-8-19(25-10-14)29-20-9-18(16(11-26-20)22(24)33)28-17-6-4-5-15(21(17)34-3)23-27-12-31(2)30-23/h4-12H,1-3H3,(H2,24,33)(H2,25,26,28,29). The number of anilines is 4. The molecule has 0 saturated heterocycles. The second-order valence-electron chi connectivity index (χ2n) is 7.35. The second kappa shape index (κ2) is 9.36. The highest BCUT2D eigenvalue weighted by atomic mass is 16.5. The van der Waals surface area contributed by atoms with Crippen LogP contribution in [0.2, 0.25) is 0 Å². The van der Waals surface area contributed by atoms with E-state index in [4.69, 9.17) is 10.5 Å². The molecule has 3 heterocycles. The fourth-order valence-electron chi connectivity index (χ4n) is 3.27. The number of para-hydroxylation sites is 1. The van der Waals surface area contributed by atoms with Crippen LogP contribution in [-0.4, -0.2) is 43.5 Å². The lowest BCUT2D eigenvalue weighted by Crippen LogP contribution is -2.14. The van der Waals surface area contributed by atoms with E-state index in [1.165, 1.54) is 26.4 Å². The predicted octanol–water partition coefficient (Wildman–Crippen LogP) is 3.07. The fraction of sp³-hybridized carbons (Fsp3) is 0.130. The first-order chi connectivity index (χ1) is 16.4. The molecule has 11 nitrogen and oxygen atoms in total. The van der Waals surface area contributed by atoms with Gasteiger partial charge in [0.25, 0.3) is 5.91 Å². The molecule has 0 aliphatic rings. The first kappa shape index (κ1) is 22.4. The molecule has 0 fully saturated rings. The smallest absolute Gasteiger partial charge is 0.252 e. The van der Waals surface area contributed by atoms with E-state index < -0.39 is 5.91 Å². The third-order valence-corrected chi connectivity index (χ3v) is 4.92. The van der Waals surface area contributed by atoms with E-state index in [1.54, 1.807) is 42.3 Å². The minimum absolute atomic E-state index is 0.0773. The Morgan fingerprint density at radius 2 is 1.79 bits per heavy atom. The molecule has 11 heteroatoms. The Balaban J connectivity index is 1.68. The molecule has 0 aliphatic carbocycles. The van der Waals surface area contributed by atoms with Gasteiger partial charge >= 0.3 is 0 Å². The van der Waals surface area contributed by atoms with Crippen LogP contribution >= 0.6 is 0 Å². The molecule has 0 atom stereocenters. The number of ketones is 1. The van der Waals surface area contributed by atoms with Crippen LogP contribution < -0.4 is 21.1 Å². The summed E-state index contributed by atoms with van der Waals surface area (Å²) in [4.78, 5) is 36.3. The van der Waals surface area contributed by atoms with Crippen LogP contribution in [0.4, 0.5) is 23.0 Å². The van der Waals surface area contributed by atoms with Crippen LogP contribution in [0.3, 0.4) is 0 Å². The van der Waals surface area contributed by atoms with Crippen molar-refractivity contribution < 1.29 is 14.3 Å². The van der Waals surface area contributed by atoms with Crippen molar-refractivity contribution in [2.24, 2.45) is 12.8 Å². The molecule has 0 saturated carbocycles. The molecular formula is C23H22N8O3. The Labute approximate surface area is 195 Å². The summed E-state index contributed by atoms with van der Waals surface area (Å²) in [5.41, 5.74) is 7.93. The summed E-state index contributed by atoms with van der Waals surface area (Å²) in [5, 5.41) is 10.6. The quantitative estimate of drug-likeness (QED) is 0.338. The minimum atomic E-state index is -0.646. The molecule has 0 aliphatic heterocycles. The van der Waals surface area contributed by atoms with Crippen molar-refractivity contribution in [3.63, 3.8) is 0 Å². The van der Waals surface area contributed by atoms with Crippen molar-refractivity contribution in [1.82, 2.24) is 24.7 Å². The number of carbonyl (C=O) groups is 2. The van der Waals surface area contributed by atoms with Gasteiger partial charge in [-0.15, -0.1) is 0 Å². The third-order valence-electron chi connectivity index (χ3n) is 4.92. The van der Waals surface area contributed by atoms with Crippen LogP contribution in [0.1, 0.15) is 27.6 Å². The normalized spacial score (nSPS) is 10.6. The lowest BCUT2D eigenvalue weighted by Gasteiger charge is -2.16. The number of hydrogen-bond acceptors (Lipinski definition) is 9. The average molecular weight is 458 g/mol. The number of rotatable bonds is 8. The number of nitrogens with two attached hydrogens (primary N) is 1. The maximum Gasteiger partial charge on any atom is 0.252 e. The maximum atomic E-state index is 12.1. The van der Waals surface area contributed by atoms with Gasteiger partial charge in [0, 0.05) is 31.1 Å². The molecule has 4 aromatic rings. The number of pyridine rings is 2. The molecular weight excluding hydrogens is 436 g/mol. The van der Waals surface area contributed by atoms with Crippen molar-refractivity contribution >= 4 is 34.7 Å². The zero-order chi connectivity index (χ0) is 24.2. The fourth-order valence-corrected chi connectivity index (χ4v) is 3.27. The van der Waals surface area contributed by atoms with E-state index >= 15 is 0 Å². The Bertz CT molecular complexity index is 1370. The van der Waals surface area contributed by atoms with Gasteiger partial charge in [0.15, 0.2) is 17.4 Å². The topological polar surface area (TPSA) is 150 Å². The summed E-state index contributed by atoms with van der Waals surface area (Å²) >= 11 is 0. The zero-order valence-corrected chi connectivity index (χ0v) is 18.7. The molecule has 172 valence electrons. The number of benzene rings is 1. The summed E-state index contributed by atoms with van der Waals surface area (Å²) in [6, 6.07) is 10.4. The van der Waals surface area contributed by atoms with Crippen molar-refractivity contribution in [2.75, 3.05) is 17.7 Å². The van der Waals surface area contributed by atoms with Gasteiger partial charge in [-0.25, -0.2) is 15.0 Å². The Kier molecular flexibility index (Phi) is 6.17. The lowest BCUT2D eigenvalue weighted by atomic mass is 10.1. The highest BCUT2D eigenvalue weighted by molar-refractivity contribution is 6.00. The number of carbonyl (C=O) groups excluding carboxylic acids is 2. The minimum Gasteiger partial charge on any atom is -0.494 e. The highest BCUT2D eigenvalue weighted by Gasteiger charge is 2.17. The summed E-state index contributed by atoms with van der Waals surface area (Å²) < 4.78 is 7.23. The number of aromatic nitrogens is 5. The van der Waals surface area contributed by atoms with Gasteiger partial charge in [0.05, 0.1) is 29.6 Å². The van der Waals surface area contributed by atoms with Crippen molar-refractivity contribution in [1.29, 1.82) is 0 Å². The SMILES string of the molecule is COc1c(Nc2cc(Nc3ccc(C(C)=O)cn3)ncc2C(N)=O)cccc1-c1ncn(C)n1. The van der Waals surface area contributed by atoms with Gasteiger partial charge in [-0.3, -0.25) is 14.3 Å². The van der Waals surface area contributed by atoms with Crippen LogP contribution in [0.15, 0.2) is 55.1 Å². The molecule has 1 amide bonds. The molecule has 0 radical (unpaired) electrons. The summed E-state index contributed by atoms with van der Waals surface area (Å²) in [7, 11) is 3.32. The van der Waals surface area contributed by atoms with E-state index in [0.717, 1.165) is 0 Å². The maximum absolute atomic E-state index is 12.1. The number of ether oxygens (including phenoxy) is 1. The largest absolute Gasteiger partial charge is 0.494 e. The lowest BCUT2D eigenvalue weighted by molar-refractivity contribution is 0.0996. The molecule has 0 unspecified atom stereocenters. The van der Waals surface area contributed by atoms with Crippen molar-refractivity contribution in [3.05, 3.63) is 66.2 Å². The number of methoxy groups -OCH3 is 1. The molecule has 0 spiro atoms. The van der Waals surface area contributed by atoms with E-state index in [0.29, 0.717) is 45.7 Å². The molecule has 3 aromatic heterocycles. The highest BCUT2D eigenvalue weighted by Crippen LogP contribution is 2.37. The van der Waals surface area contributed by atoms with Gasteiger partial charge in [0.2, 0.25) is 0 Å². The molecule has 1 aromatic carbocycles. The van der Waals surface area contributed by atoms with Gasteiger partial charge in [-0.05, 0) is 31.2 Å². The summed E-state index contributed by atoms with van der Waals surface area (Å²) in [6.45, 7) is 1.47. The first-order valence-electron chi connectivity index (χ1n) is 10.2. The van der Waals surface area contributed by atoms with Crippen molar-refractivity contribution in [3.8, 4) is 17.1 Å². The Morgan fingerprint density at radius 1 is 1.00 bits per heavy atom. The van der Waals surface area contributed by atoms with Crippen LogP contribution in [0, 0.1) is 0 Å². The van der Waals surface area contributed by atoms with Gasteiger partial charge in [-0.1, -0.05) is 6.07 Å². The van der Waals surface area contributed by atoms with Crippen LogP contribution in [0.5, 0.6) is 5.75 Å². The molecule has 4 N–H and O–H groups in total. The van der Waals surface area contributed by atoms with E-state index in [9.17, 15) is 9.59 Å². The van der Waals surface area contributed by atoms with Gasteiger partial charge < -0.3 is 21.1 Å². The van der Waals surface area contributed by atoms with Crippen LogP contribution in [0.25, 0.3) is 11.4 Å². The predicted molar refractivity (Wildman–Crippen MR) is 127 cm³/mol. The number of aryl methyl sites for hydroxylation is 1. The molecule has 34 heavy (non-hydrogen) atoms. The molecule has 4 rings (SSSR count). The monoisotopic (exact) mass is 458 g/mol.